The van der Waals surface area contributed by atoms with Gasteiger partial charge in [0.25, 0.3) is 17.4 Å². The average molecular weight is 398 g/mol. The number of hydrogen-bond acceptors (Lipinski definition) is 4. The molecule has 0 atom stereocenters. The van der Waals surface area contributed by atoms with Crippen molar-refractivity contribution in [3.8, 4) is 0 Å². The molecule has 0 bridgehead atoms. The molecule has 0 fully saturated rings. The van der Waals surface area contributed by atoms with E-state index in [1.165, 1.54) is 0 Å². The van der Waals surface area contributed by atoms with Crippen LogP contribution in [-0.2, 0) is 0 Å². The normalized spacial score (nSPS) is 10.6. The number of carbonyl (C=O) groups is 2. The van der Waals surface area contributed by atoms with Crippen molar-refractivity contribution in [3.05, 3.63) is 100.0 Å². The van der Waals surface area contributed by atoms with E-state index in [0.29, 0.717) is 27.7 Å². The van der Waals surface area contributed by atoms with Gasteiger partial charge in [-0.05, 0) is 42.8 Å². The summed E-state index contributed by atoms with van der Waals surface area (Å²) in [6.45, 7) is 1.84. The highest BCUT2D eigenvalue weighted by Crippen LogP contribution is 2.22. The lowest BCUT2D eigenvalue weighted by Gasteiger charge is -2.12. The largest absolute Gasteiger partial charge is 0.322 e. The molecule has 0 saturated carbocycles. The predicted molar refractivity (Wildman–Crippen MR) is 116 cm³/mol. The summed E-state index contributed by atoms with van der Waals surface area (Å²) in [7, 11) is 0. The second-order valence-electron chi connectivity index (χ2n) is 6.75. The minimum Gasteiger partial charge on any atom is -0.322 e. The van der Waals surface area contributed by atoms with E-state index in [1.807, 2.05) is 13.0 Å². The zero-order valence-corrected chi connectivity index (χ0v) is 16.1. The van der Waals surface area contributed by atoms with Gasteiger partial charge in [0.1, 0.15) is 0 Å². The molecule has 3 aromatic carbocycles. The first-order valence-electron chi connectivity index (χ1n) is 9.29. The minimum absolute atomic E-state index is 0.114. The summed E-state index contributed by atoms with van der Waals surface area (Å²) in [6, 6.07) is 20.9. The highest BCUT2D eigenvalue weighted by atomic mass is 16.2. The molecule has 3 N–H and O–H groups in total. The summed E-state index contributed by atoms with van der Waals surface area (Å²) in [5.41, 5.74) is 2.18. The van der Waals surface area contributed by atoms with Gasteiger partial charge in [-0.2, -0.15) is 5.10 Å². The first-order valence-corrected chi connectivity index (χ1v) is 9.29. The molecule has 0 unspecified atom stereocenters. The summed E-state index contributed by atoms with van der Waals surface area (Å²) in [5.74, 6) is -0.706. The minimum atomic E-state index is -0.461. The standard InChI is InChI=1S/C23H18N4O3/c1-14-11-12-16(24-21(28)15-7-3-2-4-8-15)13-19(14)25-23(30)20-17-9-5-6-10-18(17)22(29)27-26-20/h2-13H,1H3,(H,24,28)(H,25,30)(H,27,29). The van der Waals surface area contributed by atoms with E-state index in [-0.39, 0.29) is 17.2 Å². The van der Waals surface area contributed by atoms with E-state index >= 15 is 0 Å². The van der Waals surface area contributed by atoms with Crippen LogP contribution in [0.15, 0.2) is 77.6 Å². The number of rotatable bonds is 4. The Bertz CT molecular complexity index is 1310. The fourth-order valence-electron chi connectivity index (χ4n) is 3.10. The molecular formula is C23H18N4O3. The summed E-state index contributed by atoms with van der Waals surface area (Å²) in [5, 5.41) is 12.8. The van der Waals surface area contributed by atoms with Crippen LogP contribution in [0.4, 0.5) is 11.4 Å². The second-order valence-corrected chi connectivity index (χ2v) is 6.75. The van der Waals surface area contributed by atoms with Gasteiger partial charge in [0, 0.05) is 22.3 Å². The van der Waals surface area contributed by atoms with Crippen molar-refractivity contribution in [3.63, 3.8) is 0 Å². The summed E-state index contributed by atoms with van der Waals surface area (Å²) >= 11 is 0. The molecule has 1 heterocycles. The van der Waals surface area contributed by atoms with Crippen LogP contribution in [0, 0.1) is 6.92 Å². The molecule has 2 amide bonds. The quantitative estimate of drug-likeness (QED) is 0.487. The highest BCUT2D eigenvalue weighted by Gasteiger charge is 2.15. The highest BCUT2D eigenvalue weighted by molar-refractivity contribution is 6.11. The Morgan fingerprint density at radius 2 is 1.53 bits per heavy atom. The van der Waals surface area contributed by atoms with Gasteiger partial charge in [-0.3, -0.25) is 14.4 Å². The smallest absolute Gasteiger partial charge is 0.276 e. The van der Waals surface area contributed by atoms with Crippen molar-refractivity contribution in [2.45, 2.75) is 6.92 Å². The predicted octanol–water partition coefficient (Wildman–Crippen LogP) is 3.74. The van der Waals surface area contributed by atoms with Crippen LogP contribution in [0.25, 0.3) is 10.8 Å². The Morgan fingerprint density at radius 1 is 0.833 bits per heavy atom. The maximum Gasteiger partial charge on any atom is 0.276 e. The number of H-pyrrole nitrogens is 1. The van der Waals surface area contributed by atoms with Crippen molar-refractivity contribution in [2.75, 3.05) is 10.6 Å². The summed E-state index contributed by atoms with van der Waals surface area (Å²) in [6.07, 6.45) is 0. The second kappa shape index (κ2) is 8.00. The number of nitrogens with zero attached hydrogens (tertiary/aromatic N) is 1. The van der Waals surface area contributed by atoms with E-state index in [2.05, 4.69) is 20.8 Å². The fourth-order valence-corrected chi connectivity index (χ4v) is 3.10. The maximum absolute atomic E-state index is 12.9. The molecule has 1 aromatic heterocycles. The van der Waals surface area contributed by atoms with E-state index in [0.717, 1.165) is 5.56 Å². The number of nitrogens with one attached hydrogen (secondary N) is 3. The van der Waals surface area contributed by atoms with Crippen molar-refractivity contribution >= 4 is 34.0 Å². The molecule has 148 valence electrons. The number of anilines is 2. The SMILES string of the molecule is Cc1ccc(NC(=O)c2ccccc2)cc1NC(=O)c1n[nH]c(=O)c2ccccc12. The van der Waals surface area contributed by atoms with Gasteiger partial charge in [-0.25, -0.2) is 5.10 Å². The maximum atomic E-state index is 12.9. The first-order chi connectivity index (χ1) is 14.5. The molecule has 30 heavy (non-hydrogen) atoms. The van der Waals surface area contributed by atoms with Gasteiger partial charge < -0.3 is 10.6 Å². The third-order valence-corrected chi connectivity index (χ3v) is 4.69. The molecule has 0 radical (unpaired) electrons. The third-order valence-electron chi connectivity index (χ3n) is 4.69. The van der Waals surface area contributed by atoms with Crippen LogP contribution in [0.1, 0.15) is 26.4 Å². The monoisotopic (exact) mass is 398 g/mol. The van der Waals surface area contributed by atoms with Crippen molar-refractivity contribution < 1.29 is 9.59 Å². The van der Waals surface area contributed by atoms with Gasteiger partial charge in [0.05, 0.1) is 5.39 Å². The van der Waals surface area contributed by atoms with Crippen molar-refractivity contribution in [2.24, 2.45) is 0 Å². The van der Waals surface area contributed by atoms with Crippen LogP contribution in [0.3, 0.4) is 0 Å². The van der Waals surface area contributed by atoms with E-state index in [1.54, 1.807) is 66.7 Å². The number of aromatic amines is 1. The summed E-state index contributed by atoms with van der Waals surface area (Å²) < 4.78 is 0. The molecular weight excluding hydrogens is 380 g/mol. The van der Waals surface area contributed by atoms with Crippen molar-refractivity contribution in [1.82, 2.24) is 10.2 Å². The van der Waals surface area contributed by atoms with E-state index in [4.69, 9.17) is 0 Å². The number of amides is 2. The molecule has 0 aliphatic heterocycles. The Labute approximate surface area is 171 Å². The zero-order valence-electron chi connectivity index (χ0n) is 16.1. The molecule has 0 saturated heterocycles. The number of carbonyl (C=O) groups excluding carboxylic acids is 2. The van der Waals surface area contributed by atoms with Crippen LogP contribution in [-0.4, -0.2) is 22.0 Å². The molecule has 7 nitrogen and oxygen atoms in total. The van der Waals surface area contributed by atoms with E-state index < -0.39 is 5.91 Å². The van der Waals surface area contributed by atoms with Crippen LogP contribution >= 0.6 is 0 Å². The Morgan fingerprint density at radius 3 is 2.30 bits per heavy atom. The molecule has 4 aromatic rings. The Balaban J connectivity index is 1.60. The third kappa shape index (κ3) is 3.81. The van der Waals surface area contributed by atoms with Gasteiger partial charge in [-0.1, -0.05) is 42.5 Å². The zero-order chi connectivity index (χ0) is 21.1. The van der Waals surface area contributed by atoms with Crippen LogP contribution in [0.5, 0.6) is 0 Å². The molecule has 7 heteroatoms. The van der Waals surface area contributed by atoms with Gasteiger partial charge >= 0.3 is 0 Å². The van der Waals surface area contributed by atoms with Crippen molar-refractivity contribution in [1.29, 1.82) is 0 Å². The Kier molecular flexibility index (Phi) is 5.09. The lowest BCUT2D eigenvalue weighted by atomic mass is 10.1. The molecule has 0 aliphatic rings. The number of aromatic nitrogens is 2. The molecule has 0 spiro atoms. The topological polar surface area (TPSA) is 104 Å². The Hall–Kier alpha value is -4.26. The number of benzene rings is 3. The summed E-state index contributed by atoms with van der Waals surface area (Å²) in [4.78, 5) is 37.2. The van der Waals surface area contributed by atoms with Crippen LogP contribution in [0.2, 0.25) is 0 Å². The van der Waals surface area contributed by atoms with Crippen LogP contribution < -0.4 is 16.2 Å². The number of hydrogen-bond donors (Lipinski definition) is 3. The number of aryl methyl sites for hydroxylation is 1. The van der Waals surface area contributed by atoms with Gasteiger partial charge in [0.2, 0.25) is 0 Å². The average Bonchev–Trinajstić information content (AvgIpc) is 2.77. The fraction of sp³-hybridized carbons (Fsp3) is 0.0435. The van der Waals surface area contributed by atoms with E-state index in [9.17, 15) is 14.4 Å². The molecule has 4 rings (SSSR count). The van der Waals surface area contributed by atoms with Gasteiger partial charge in [0.15, 0.2) is 5.69 Å². The number of fused-ring (bicyclic) bond motifs is 1. The molecule has 0 aliphatic carbocycles. The lowest BCUT2D eigenvalue weighted by Crippen LogP contribution is -2.20. The lowest BCUT2D eigenvalue weighted by molar-refractivity contribution is 0.101. The van der Waals surface area contributed by atoms with Gasteiger partial charge in [-0.15, -0.1) is 0 Å². The first kappa shape index (κ1) is 19.1.